The van der Waals surface area contributed by atoms with Crippen molar-refractivity contribution < 1.29 is 23.4 Å². The van der Waals surface area contributed by atoms with E-state index in [0.717, 1.165) is 101 Å². The summed E-state index contributed by atoms with van der Waals surface area (Å²) < 4.78 is 35.6. The van der Waals surface area contributed by atoms with E-state index in [9.17, 15) is 0 Å². The zero-order valence-electron chi connectivity index (χ0n) is 29.7. The summed E-state index contributed by atoms with van der Waals surface area (Å²) >= 11 is 0. The number of furan rings is 1. The molecule has 0 unspecified atom stereocenters. The first kappa shape index (κ1) is 30.5. The molecule has 266 valence electrons. The van der Waals surface area contributed by atoms with Crippen molar-refractivity contribution in [2.75, 3.05) is 0 Å². The number of ether oxygens (including phenoxy) is 4. The molecule has 11 nitrogen and oxygen atoms in total. The number of benzene rings is 4. The lowest BCUT2D eigenvalue weighted by atomic mass is 9.35. The maximum atomic E-state index is 6.50. The average molecular weight is 738 g/mol. The largest absolute Gasteiger partial charge is 0.464 e. The van der Waals surface area contributed by atoms with Gasteiger partial charge in [0, 0.05) is 46.8 Å². The molecule has 13 heteroatoms. The summed E-state index contributed by atoms with van der Waals surface area (Å²) in [6, 6.07) is 34.4. The van der Waals surface area contributed by atoms with Crippen LogP contribution in [-0.2, 0) is 0 Å². The first-order valence-electron chi connectivity index (χ1n) is 18.5. The quantitative estimate of drug-likeness (QED) is 0.224. The maximum absolute atomic E-state index is 6.50. The lowest BCUT2D eigenvalue weighted by Gasteiger charge is -2.32. The fraction of sp³-hybridized carbons (Fsp3) is 0. The van der Waals surface area contributed by atoms with E-state index in [1.165, 1.54) is 0 Å². The van der Waals surface area contributed by atoms with Crippen molar-refractivity contribution >= 4 is 46.2 Å². The summed E-state index contributed by atoms with van der Waals surface area (Å²) in [4.78, 5) is 9.49. The molecule has 4 aromatic carbocycles. The summed E-state index contributed by atoms with van der Waals surface area (Å²) in [7, 11) is 0. The second-order valence-corrected chi connectivity index (χ2v) is 14.4. The monoisotopic (exact) mass is 738 g/mol. The molecule has 9 aromatic rings. The smallest absolute Gasteiger partial charge is 0.262 e. The van der Waals surface area contributed by atoms with E-state index in [1.807, 2.05) is 85.4 Å². The number of hydrogen-bond donors (Lipinski definition) is 0. The third kappa shape index (κ3) is 4.50. The number of fused-ring (bicyclic) bond motifs is 8. The second-order valence-electron chi connectivity index (χ2n) is 14.4. The van der Waals surface area contributed by atoms with Crippen LogP contribution in [0.1, 0.15) is 0 Å². The molecule has 0 fully saturated rings. The van der Waals surface area contributed by atoms with E-state index in [2.05, 4.69) is 46.6 Å². The van der Waals surface area contributed by atoms with Gasteiger partial charge in [0.05, 0.1) is 30.0 Å². The van der Waals surface area contributed by atoms with Crippen LogP contribution in [0.2, 0.25) is 0 Å². The molecule has 0 aliphatic carbocycles. The Morgan fingerprint density at radius 2 is 0.982 bits per heavy atom. The van der Waals surface area contributed by atoms with E-state index in [0.29, 0.717) is 11.8 Å². The minimum Gasteiger partial charge on any atom is -0.464 e. The fourth-order valence-electron chi connectivity index (χ4n) is 8.67. The van der Waals surface area contributed by atoms with Crippen molar-refractivity contribution in [1.82, 2.24) is 29.5 Å². The van der Waals surface area contributed by atoms with Crippen LogP contribution in [0, 0.1) is 0 Å². The Labute approximate surface area is 324 Å². The van der Waals surface area contributed by atoms with Gasteiger partial charge in [0.15, 0.2) is 0 Å². The Balaban J connectivity index is 0.898. The van der Waals surface area contributed by atoms with Crippen molar-refractivity contribution in [2.24, 2.45) is 0 Å². The lowest BCUT2D eigenvalue weighted by molar-refractivity contribution is 0.452. The molecule has 4 aliphatic rings. The first-order chi connectivity index (χ1) is 28.2. The third-order valence-electron chi connectivity index (χ3n) is 11.2. The van der Waals surface area contributed by atoms with Crippen molar-refractivity contribution in [3.8, 4) is 80.1 Å². The van der Waals surface area contributed by atoms with Gasteiger partial charge in [0.25, 0.3) is 13.4 Å². The molecule has 13 rings (SSSR count). The van der Waals surface area contributed by atoms with Crippen molar-refractivity contribution in [3.05, 3.63) is 147 Å². The molecule has 0 amide bonds. The summed E-state index contributed by atoms with van der Waals surface area (Å²) in [5.74, 6) is 6.41. The zero-order chi connectivity index (χ0) is 37.2. The number of hydrogen-bond acceptors (Lipinski definition) is 9. The third-order valence-corrected chi connectivity index (χ3v) is 11.2. The van der Waals surface area contributed by atoms with E-state index < -0.39 is 0 Å². The number of pyridine rings is 2. The van der Waals surface area contributed by atoms with Gasteiger partial charge in [0.1, 0.15) is 40.3 Å². The highest BCUT2D eigenvalue weighted by Crippen LogP contribution is 2.38. The van der Waals surface area contributed by atoms with Crippen LogP contribution in [-0.4, -0.2) is 43.0 Å². The van der Waals surface area contributed by atoms with Crippen LogP contribution in [0.15, 0.2) is 151 Å². The van der Waals surface area contributed by atoms with E-state index >= 15 is 0 Å². The standard InChI is InChI=1S/C44H24B2N6O5/c1-5-36-41-38(7-1)56-43-32(20-28(22-47-43)51-15-3-13-49-51)45(41)30-17-25(9-11-34(30)54-36)27-19-40(53-24-27)26-10-12-35-31(18-26)46-33-21-29(52-16-4-14-50-52)23-48-44(33)57-39-8-2-6-37(55-35)42(39)46/h1-24H. The van der Waals surface area contributed by atoms with Crippen molar-refractivity contribution in [2.45, 2.75) is 0 Å². The van der Waals surface area contributed by atoms with Crippen LogP contribution in [0.25, 0.3) is 33.8 Å². The second kappa shape index (κ2) is 11.4. The van der Waals surface area contributed by atoms with Gasteiger partial charge in [-0.25, -0.2) is 19.3 Å². The van der Waals surface area contributed by atoms with Gasteiger partial charge >= 0.3 is 0 Å². The Morgan fingerprint density at radius 1 is 0.456 bits per heavy atom. The number of aromatic nitrogens is 6. The molecule has 4 aliphatic heterocycles. The van der Waals surface area contributed by atoms with Crippen molar-refractivity contribution in [3.63, 3.8) is 0 Å². The predicted octanol–water partition coefficient (Wildman–Crippen LogP) is 5.23. The summed E-state index contributed by atoms with van der Waals surface area (Å²) in [5.41, 5.74) is 10.4. The molecule has 0 atom stereocenters. The van der Waals surface area contributed by atoms with E-state index in [1.54, 1.807) is 34.2 Å². The highest BCUT2D eigenvalue weighted by atomic mass is 16.5. The van der Waals surface area contributed by atoms with Crippen LogP contribution in [0.3, 0.4) is 0 Å². The highest BCUT2D eigenvalue weighted by molar-refractivity contribution is 6.99. The molecule has 0 radical (unpaired) electrons. The van der Waals surface area contributed by atoms with Crippen LogP contribution < -0.4 is 51.7 Å². The predicted molar refractivity (Wildman–Crippen MR) is 215 cm³/mol. The van der Waals surface area contributed by atoms with Gasteiger partial charge < -0.3 is 23.4 Å². The Morgan fingerprint density at radius 3 is 1.53 bits per heavy atom. The first-order valence-corrected chi connectivity index (χ1v) is 18.5. The zero-order valence-corrected chi connectivity index (χ0v) is 29.7. The molecular weight excluding hydrogens is 714 g/mol. The molecule has 5 aromatic heterocycles. The Hall–Kier alpha value is -7.79. The summed E-state index contributed by atoms with van der Waals surface area (Å²) in [6.45, 7) is -0.350. The van der Waals surface area contributed by atoms with Crippen LogP contribution in [0.4, 0.5) is 0 Å². The molecule has 9 heterocycles. The molecule has 0 bridgehead atoms. The molecule has 0 saturated heterocycles. The Bertz CT molecular complexity index is 2890. The SMILES string of the molecule is c1cc2c3c(c1)Oc1ncc(-n4cccn4)cc1B3c1cc(-c3coc(-c4ccc5c(c4)B4c6cc(-n7cccn7)cnc6Oc6cccc(c64)O5)c3)ccc1O2. The van der Waals surface area contributed by atoms with E-state index in [4.69, 9.17) is 33.3 Å². The molecular formula is C44H24B2N6O5. The van der Waals surface area contributed by atoms with Gasteiger partial charge in [0.2, 0.25) is 11.8 Å². The Kier molecular flexibility index (Phi) is 6.09. The lowest BCUT2D eigenvalue weighted by Crippen LogP contribution is -2.57. The molecule has 0 spiro atoms. The minimum atomic E-state index is -0.180. The van der Waals surface area contributed by atoms with Gasteiger partial charge in [-0.2, -0.15) is 10.2 Å². The normalized spacial score (nSPS) is 13.4. The highest BCUT2D eigenvalue weighted by Gasteiger charge is 2.43. The minimum absolute atomic E-state index is 0.169. The number of rotatable bonds is 4. The van der Waals surface area contributed by atoms with Crippen LogP contribution in [0.5, 0.6) is 46.3 Å². The van der Waals surface area contributed by atoms with Crippen LogP contribution >= 0.6 is 0 Å². The van der Waals surface area contributed by atoms with Gasteiger partial charge in [-0.1, -0.05) is 30.3 Å². The van der Waals surface area contributed by atoms with E-state index in [-0.39, 0.29) is 13.4 Å². The molecule has 0 saturated carbocycles. The molecule has 0 N–H and O–H groups in total. The maximum Gasteiger partial charge on any atom is 0.262 e. The fourth-order valence-corrected chi connectivity index (χ4v) is 8.67. The molecule has 57 heavy (non-hydrogen) atoms. The summed E-state index contributed by atoms with van der Waals surface area (Å²) in [6.07, 6.45) is 12.7. The summed E-state index contributed by atoms with van der Waals surface area (Å²) in [5, 5.41) is 8.88. The van der Waals surface area contributed by atoms with Gasteiger partial charge in [-0.05, 0) is 100 Å². The van der Waals surface area contributed by atoms with Gasteiger partial charge in [-0.3, -0.25) is 0 Å². The van der Waals surface area contributed by atoms with Crippen molar-refractivity contribution in [1.29, 1.82) is 0 Å². The number of nitrogens with zero attached hydrogens (tertiary/aromatic N) is 6. The topological polar surface area (TPSA) is 111 Å². The van der Waals surface area contributed by atoms with Gasteiger partial charge in [-0.15, -0.1) is 0 Å². The average Bonchev–Trinajstić information content (AvgIpc) is 4.08.